The number of nitrogens with two attached hydrogens (primary N) is 1. The lowest BCUT2D eigenvalue weighted by molar-refractivity contribution is 0.0684. The third-order valence-electron chi connectivity index (χ3n) is 5.82. The second-order valence-corrected chi connectivity index (χ2v) is 7.44. The van der Waals surface area contributed by atoms with Crippen molar-refractivity contribution in [2.24, 2.45) is 11.7 Å². The molecule has 140 valence electrons. The summed E-state index contributed by atoms with van der Waals surface area (Å²) < 4.78 is 27.1. The Morgan fingerprint density at radius 3 is 2.00 bits per heavy atom. The van der Waals surface area contributed by atoms with Crippen LogP contribution >= 0.6 is 0 Å². The monoisotopic (exact) mass is 358 g/mol. The molecule has 1 saturated heterocycles. The molecule has 4 heteroatoms. The van der Waals surface area contributed by atoms with Crippen LogP contribution in [-0.4, -0.2) is 25.0 Å². The fraction of sp³-hybridized carbons (Fsp3) is 0.455. The minimum atomic E-state index is -0.354. The molecule has 26 heavy (non-hydrogen) atoms. The highest BCUT2D eigenvalue weighted by molar-refractivity contribution is 5.39. The van der Waals surface area contributed by atoms with Gasteiger partial charge < -0.3 is 5.73 Å². The predicted octanol–water partition coefficient (Wildman–Crippen LogP) is 4.68. The fourth-order valence-corrected chi connectivity index (χ4v) is 4.36. The number of hydrogen-bond donors (Lipinski definition) is 1. The van der Waals surface area contributed by atoms with Crippen molar-refractivity contribution in [2.45, 2.75) is 37.6 Å². The van der Waals surface area contributed by atoms with Gasteiger partial charge in [-0.3, -0.25) is 4.90 Å². The molecule has 1 aliphatic rings. The van der Waals surface area contributed by atoms with Crippen molar-refractivity contribution in [1.82, 2.24) is 4.90 Å². The van der Waals surface area contributed by atoms with Gasteiger partial charge in [0.2, 0.25) is 0 Å². The van der Waals surface area contributed by atoms with E-state index in [2.05, 4.69) is 11.9 Å². The van der Waals surface area contributed by atoms with E-state index in [0.29, 0.717) is 5.92 Å². The van der Waals surface area contributed by atoms with Gasteiger partial charge in [-0.25, -0.2) is 8.78 Å². The number of benzene rings is 2. The third kappa shape index (κ3) is 3.81. The highest BCUT2D eigenvalue weighted by Gasteiger charge is 2.43. The van der Waals surface area contributed by atoms with Crippen LogP contribution in [0.4, 0.5) is 8.78 Å². The summed E-state index contributed by atoms with van der Waals surface area (Å²) in [5.74, 6) is 0.106. The summed E-state index contributed by atoms with van der Waals surface area (Å²) in [5, 5.41) is 0. The van der Waals surface area contributed by atoms with Crippen LogP contribution in [0.15, 0.2) is 48.5 Å². The van der Waals surface area contributed by atoms with Gasteiger partial charge in [0.25, 0.3) is 0 Å². The van der Waals surface area contributed by atoms with E-state index in [0.717, 1.165) is 56.3 Å². The summed E-state index contributed by atoms with van der Waals surface area (Å²) in [6.45, 7) is 1.69. The molecule has 2 nitrogen and oxygen atoms in total. The third-order valence-corrected chi connectivity index (χ3v) is 5.82. The lowest BCUT2D eigenvalue weighted by Crippen LogP contribution is -2.50. The quantitative estimate of drug-likeness (QED) is 0.760. The van der Waals surface area contributed by atoms with Gasteiger partial charge in [-0.15, -0.1) is 0 Å². The average molecular weight is 358 g/mol. The van der Waals surface area contributed by atoms with Crippen LogP contribution in [-0.2, 0) is 5.54 Å². The number of nitrogens with zero attached hydrogens (tertiary/aromatic N) is 1. The van der Waals surface area contributed by atoms with Gasteiger partial charge >= 0.3 is 0 Å². The molecule has 3 rings (SSSR count). The van der Waals surface area contributed by atoms with Gasteiger partial charge in [-0.2, -0.15) is 0 Å². The number of piperidine rings is 1. The van der Waals surface area contributed by atoms with E-state index in [9.17, 15) is 8.78 Å². The Morgan fingerprint density at radius 2 is 1.50 bits per heavy atom. The Hall–Kier alpha value is -1.78. The number of halogens is 2. The standard InChI is InChI=1S/C22H28F2N2/c1-26-15-13-17(4-2-3-14-25)16-22(26,18-5-9-20(23)10-6-18)19-7-11-21(24)12-8-19/h5-12,17H,2-4,13-16,25H2,1H3. The van der Waals surface area contributed by atoms with Gasteiger partial charge in [-0.1, -0.05) is 37.1 Å². The highest BCUT2D eigenvalue weighted by Crippen LogP contribution is 2.45. The fourth-order valence-electron chi connectivity index (χ4n) is 4.36. The van der Waals surface area contributed by atoms with E-state index in [4.69, 9.17) is 5.73 Å². The van der Waals surface area contributed by atoms with Crippen LogP contribution in [0, 0.1) is 17.6 Å². The molecule has 2 N–H and O–H groups in total. The van der Waals surface area contributed by atoms with E-state index in [1.165, 1.54) is 24.3 Å². The number of likely N-dealkylation sites (tertiary alicyclic amines) is 1. The van der Waals surface area contributed by atoms with Gasteiger partial charge in [0.1, 0.15) is 11.6 Å². The van der Waals surface area contributed by atoms with Crippen LogP contribution < -0.4 is 5.73 Å². The number of unbranched alkanes of at least 4 members (excludes halogenated alkanes) is 1. The van der Waals surface area contributed by atoms with E-state index < -0.39 is 0 Å². The number of rotatable bonds is 6. The molecule has 0 radical (unpaired) electrons. The van der Waals surface area contributed by atoms with Gasteiger partial charge in [0, 0.05) is 0 Å². The minimum absolute atomic E-state index is 0.235. The highest BCUT2D eigenvalue weighted by atomic mass is 19.1. The smallest absolute Gasteiger partial charge is 0.123 e. The molecule has 1 aliphatic heterocycles. The Kier molecular flexibility index (Phi) is 6.05. The summed E-state index contributed by atoms with van der Waals surface area (Å²) in [6, 6.07) is 13.6. The normalized spacial score (nSPS) is 20.2. The maximum atomic E-state index is 13.5. The summed E-state index contributed by atoms with van der Waals surface area (Å²) >= 11 is 0. The minimum Gasteiger partial charge on any atom is -0.330 e. The molecule has 0 spiro atoms. The molecular formula is C22H28F2N2. The van der Waals surface area contributed by atoms with Crippen LogP contribution in [0.1, 0.15) is 43.2 Å². The first-order valence-corrected chi connectivity index (χ1v) is 9.49. The molecule has 0 aromatic heterocycles. The first kappa shape index (κ1) is 19.0. The summed E-state index contributed by atoms with van der Waals surface area (Å²) in [7, 11) is 2.11. The first-order chi connectivity index (χ1) is 12.6. The molecule has 2 aromatic carbocycles. The van der Waals surface area contributed by atoms with Crippen LogP contribution in [0.5, 0.6) is 0 Å². The number of hydrogen-bond acceptors (Lipinski definition) is 2. The molecule has 0 saturated carbocycles. The van der Waals surface area contributed by atoms with Crippen molar-refractivity contribution in [3.63, 3.8) is 0 Å². The molecule has 0 aliphatic carbocycles. The van der Waals surface area contributed by atoms with Crippen molar-refractivity contribution in [2.75, 3.05) is 20.1 Å². The largest absolute Gasteiger partial charge is 0.330 e. The van der Waals surface area contributed by atoms with Crippen LogP contribution in [0.3, 0.4) is 0 Å². The van der Waals surface area contributed by atoms with Crippen molar-refractivity contribution < 1.29 is 8.78 Å². The molecule has 0 amide bonds. The molecule has 1 heterocycles. The Morgan fingerprint density at radius 1 is 0.962 bits per heavy atom. The van der Waals surface area contributed by atoms with Crippen molar-refractivity contribution in [3.05, 3.63) is 71.3 Å². The molecule has 1 unspecified atom stereocenters. The molecule has 2 aromatic rings. The van der Waals surface area contributed by atoms with Crippen molar-refractivity contribution in [3.8, 4) is 0 Å². The predicted molar refractivity (Wildman–Crippen MR) is 102 cm³/mol. The van der Waals surface area contributed by atoms with Gasteiger partial charge in [0.15, 0.2) is 0 Å². The summed E-state index contributed by atoms with van der Waals surface area (Å²) in [6.07, 6.45) is 5.42. The Bertz CT molecular complexity index is 652. The van der Waals surface area contributed by atoms with Crippen molar-refractivity contribution >= 4 is 0 Å². The Labute approximate surface area is 155 Å². The lowest BCUT2D eigenvalue weighted by atomic mass is 9.70. The average Bonchev–Trinajstić information content (AvgIpc) is 2.65. The SMILES string of the molecule is CN1CCC(CCCCN)CC1(c1ccc(F)cc1)c1ccc(F)cc1. The zero-order valence-electron chi connectivity index (χ0n) is 15.4. The van der Waals surface area contributed by atoms with Gasteiger partial charge in [-0.05, 0) is 80.7 Å². The topological polar surface area (TPSA) is 29.3 Å². The van der Waals surface area contributed by atoms with Crippen LogP contribution in [0.2, 0.25) is 0 Å². The summed E-state index contributed by atoms with van der Waals surface area (Å²) in [4.78, 5) is 2.34. The maximum absolute atomic E-state index is 13.5. The zero-order valence-corrected chi connectivity index (χ0v) is 15.4. The van der Waals surface area contributed by atoms with Crippen LogP contribution in [0.25, 0.3) is 0 Å². The molecule has 0 bridgehead atoms. The van der Waals surface area contributed by atoms with E-state index >= 15 is 0 Å². The van der Waals surface area contributed by atoms with E-state index in [1.54, 1.807) is 0 Å². The van der Waals surface area contributed by atoms with E-state index in [1.807, 2.05) is 24.3 Å². The second kappa shape index (κ2) is 8.28. The molecule has 1 atom stereocenters. The zero-order chi connectivity index (χ0) is 18.6. The first-order valence-electron chi connectivity index (χ1n) is 9.49. The van der Waals surface area contributed by atoms with Gasteiger partial charge in [0.05, 0.1) is 5.54 Å². The second-order valence-electron chi connectivity index (χ2n) is 7.44. The lowest BCUT2D eigenvalue weighted by Gasteiger charge is -2.49. The van der Waals surface area contributed by atoms with E-state index in [-0.39, 0.29) is 17.2 Å². The molecular weight excluding hydrogens is 330 g/mol. The Balaban J connectivity index is 2.00. The summed E-state index contributed by atoms with van der Waals surface area (Å²) in [5.41, 5.74) is 7.43. The van der Waals surface area contributed by atoms with Crippen molar-refractivity contribution in [1.29, 1.82) is 0 Å². The molecule has 1 fully saturated rings. The maximum Gasteiger partial charge on any atom is 0.123 e.